The fourth-order valence-corrected chi connectivity index (χ4v) is 2.58. The Balaban J connectivity index is 3.24. The van der Waals surface area contributed by atoms with Gasteiger partial charge in [-0.3, -0.25) is 0 Å². The number of terminal acetylenes is 1. The second-order valence-corrected chi connectivity index (χ2v) is 5.93. The fraction of sp³-hybridized carbons (Fsp3) is 0.500. The Bertz CT molecular complexity index is 554. The van der Waals surface area contributed by atoms with Gasteiger partial charge in [-0.25, -0.2) is 4.39 Å². The number of hydrogen-bond acceptors (Lipinski definition) is 1. The van der Waals surface area contributed by atoms with Crippen molar-refractivity contribution in [1.82, 2.24) is 0 Å². The molecule has 0 fully saturated rings. The molecule has 1 atom stereocenters. The van der Waals surface area contributed by atoms with Gasteiger partial charge in [0.25, 0.3) is 0 Å². The van der Waals surface area contributed by atoms with Gasteiger partial charge in [-0.05, 0) is 42.0 Å². The molecule has 0 saturated heterocycles. The second kappa shape index (κ2) is 5.69. The van der Waals surface area contributed by atoms with Gasteiger partial charge in [-0.15, -0.1) is 12.3 Å². The third-order valence-corrected chi connectivity index (χ3v) is 3.59. The minimum Gasteiger partial charge on any atom is -0.380 e. The van der Waals surface area contributed by atoms with Crippen LogP contribution in [0.2, 0.25) is 0 Å². The molecule has 0 bridgehead atoms. The Labute approximate surface area is 122 Å². The summed E-state index contributed by atoms with van der Waals surface area (Å²) in [7, 11) is 0. The van der Waals surface area contributed by atoms with E-state index in [0.29, 0.717) is 11.1 Å². The van der Waals surface area contributed by atoms with Gasteiger partial charge in [0, 0.05) is 6.42 Å². The lowest BCUT2D eigenvalue weighted by Gasteiger charge is -2.37. The third-order valence-electron chi connectivity index (χ3n) is 3.59. The summed E-state index contributed by atoms with van der Waals surface area (Å²) in [6.45, 7) is 4.74. The molecule has 0 amide bonds. The lowest BCUT2D eigenvalue weighted by molar-refractivity contribution is -0.264. The molecule has 21 heavy (non-hydrogen) atoms. The highest BCUT2D eigenvalue weighted by Gasteiger charge is 2.55. The van der Waals surface area contributed by atoms with Crippen LogP contribution in [0.1, 0.15) is 37.8 Å². The molecule has 0 aromatic heterocycles. The molecule has 0 radical (unpaired) electrons. The highest BCUT2D eigenvalue weighted by atomic mass is 19.4. The number of halogens is 4. The summed E-state index contributed by atoms with van der Waals surface area (Å²) >= 11 is 0. The summed E-state index contributed by atoms with van der Waals surface area (Å²) < 4.78 is 52.7. The van der Waals surface area contributed by atoms with Crippen LogP contribution in [0.3, 0.4) is 0 Å². The lowest BCUT2D eigenvalue weighted by Crippen LogP contribution is -2.49. The average Bonchev–Trinajstić information content (AvgIpc) is 2.30. The molecular weight excluding hydrogens is 284 g/mol. The first-order chi connectivity index (χ1) is 9.43. The van der Waals surface area contributed by atoms with E-state index < -0.39 is 35.9 Å². The monoisotopic (exact) mass is 302 g/mol. The van der Waals surface area contributed by atoms with Crippen LogP contribution < -0.4 is 0 Å². The summed E-state index contributed by atoms with van der Waals surface area (Å²) in [6, 6.07) is 3.94. The van der Waals surface area contributed by atoms with E-state index in [-0.39, 0.29) is 0 Å². The zero-order valence-corrected chi connectivity index (χ0v) is 12.2. The number of rotatable bonds is 4. The maximum atomic E-state index is 13.4. The second-order valence-electron chi connectivity index (χ2n) is 5.93. The van der Waals surface area contributed by atoms with Crippen molar-refractivity contribution in [2.24, 2.45) is 0 Å². The Morgan fingerprint density at radius 2 is 1.81 bits per heavy atom. The van der Waals surface area contributed by atoms with Crippen LogP contribution in [-0.4, -0.2) is 16.9 Å². The topological polar surface area (TPSA) is 20.2 Å². The van der Waals surface area contributed by atoms with Crippen LogP contribution in [0, 0.1) is 25.1 Å². The quantitative estimate of drug-likeness (QED) is 0.655. The smallest absolute Gasteiger partial charge is 0.380 e. The van der Waals surface area contributed by atoms with Crippen LogP contribution in [0.5, 0.6) is 0 Å². The van der Waals surface area contributed by atoms with Crippen molar-refractivity contribution in [3.8, 4) is 12.3 Å². The van der Waals surface area contributed by atoms with Crippen molar-refractivity contribution >= 4 is 0 Å². The Morgan fingerprint density at radius 3 is 2.29 bits per heavy atom. The Kier molecular flexibility index (Phi) is 4.74. The molecule has 0 aliphatic heterocycles. The van der Waals surface area contributed by atoms with E-state index in [4.69, 9.17) is 6.42 Å². The van der Waals surface area contributed by atoms with E-state index in [1.165, 1.54) is 32.0 Å². The standard InChI is InChI=1S/C16H18F4O/c1-5-8-15(21,16(18,19)20)10-14(3,4)13-9-12(17)7-6-11(13)2/h1,6-7,9,21H,8,10H2,2-4H3. The third kappa shape index (κ3) is 3.76. The maximum absolute atomic E-state index is 13.4. The normalized spacial score (nSPS) is 15.4. The van der Waals surface area contributed by atoms with E-state index in [1.807, 2.05) is 5.92 Å². The van der Waals surface area contributed by atoms with Crippen LogP contribution in [0.4, 0.5) is 17.6 Å². The molecule has 5 heteroatoms. The van der Waals surface area contributed by atoms with Crippen LogP contribution in [0.15, 0.2) is 18.2 Å². The maximum Gasteiger partial charge on any atom is 0.418 e. The fourth-order valence-electron chi connectivity index (χ4n) is 2.58. The molecule has 1 aromatic rings. The average molecular weight is 302 g/mol. The van der Waals surface area contributed by atoms with E-state index >= 15 is 0 Å². The van der Waals surface area contributed by atoms with Crippen molar-refractivity contribution in [2.45, 2.75) is 50.8 Å². The van der Waals surface area contributed by atoms with Crippen LogP contribution in [0.25, 0.3) is 0 Å². The molecule has 1 nitrogen and oxygen atoms in total. The van der Waals surface area contributed by atoms with Gasteiger partial charge < -0.3 is 5.11 Å². The molecule has 1 unspecified atom stereocenters. The summed E-state index contributed by atoms with van der Waals surface area (Å²) in [5.74, 6) is 1.34. The van der Waals surface area contributed by atoms with Crippen molar-refractivity contribution in [2.75, 3.05) is 0 Å². The summed E-state index contributed by atoms with van der Waals surface area (Å²) in [5.41, 5.74) is -3.01. The largest absolute Gasteiger partial charge is 0.418 e. The highest BCUT2D eigenvalue weighted by molar-refractivity contribution is 5.33. The summed E-state index contributed by atoms with van der Waals surface area (Å²) in [5, 5.41) is 9.94. The van der Waals surface area contributed by atoms with Gasteiger partial charge in [-0.2, -0.15) is 13.2 Å². The van der Waals surface area contributed by atoms with Crippen molar-refractivity contribution < 1.29 is 22.7 Å². The first kappa shape index (κ1) is 17.5. The first-order valence-corrected chi connectivity index (χ1v) is 6.42. The van der Waals surface area contributed by atoms with Crippen molar-refractivity contribution in [3.63, 3.8) is 0 Å². The molecule has 0 aliphatic carbocycles. The van der Waals surface area contributed by atoms with E-state index in [2.05, 4.69) is 0 Å². The predicted molar refractivity (Wildman–Crippen MR) is 73.2 cm³/mol. The molecule has 0 heterocycles. The Morgan fingerprint density at radius 1 is 1.24 bits per heavy atom. The summed E-state index contributed by atoms with van der Waals surface area (Å²) in [4.78, 5) is 0. The molecule has 0 saturated carbocycles. The molecule has 116 valence electrons. The van der Waals surface area contributed by atoms with E-state index in [9.17, 15) is 22.7 Å². The lowest BCUT2D eigenvalue weighted by atomic mass is 9.72. The zero-order chi connectivity index (χ0) is 16.5. The summed E-state index contributed by atoms with van der Waals surface area (Å²) in [6.07, 6.45) is -1.38. The molecule has 0 aliphatic rings. The number of aryl methyl sites for hydroxylation is 1. The minimum absolute atomic E-state index is 0.419. The molecule has 0 spiro atoms. The minimum atomic E-state index is -4.85. The highest BCUT2D eigenvalue weighted by Crippen LogP contribution is 2.43. The molecule has 1 rings (SSSR count). The molecular formula is C16H18F4O. The zero-order valence-electron chi connectivity index (χ0n) is 12.2. The van der Waals surface area contributed by atoms with E-state index in [0.717, 1.165) is 0 Å². The number of hydrogen-bond donors (Lipinski definition) is 1. The van der Waals surface area contributed by atoms with Gasteiger partial charge in [0.2, 0.25) is 0 Å². The van der Waals surface area contributed by atoms with Gasteiger partial charge in [0.15, 0.2) is 5.60 Å². The van der Waals surface area contributed by atoms with Gasteiger partial charge in [-0.1, -0.05) is 19.9 Å². The molecule has 1 aromatic carbocycles. The Hall–Kier alpha value is -1.54. The number of aliphatic hydroxyl groups is 1. The van der Waals surface area contributed by atoms with Crippen LogP contribution >= 0.6 is 0 Å². The SMILES string of the molecule is C#CCC(O)(CC(C)(C)c1cc(F)ccc1C)C(F)(F)F. The van der Waals surface area contributed by atoms with Crippen molar-refractivity contribution in [1.29, 1.82) is 0 Å². The first-order valence-electron chi connectivity index (χ1n) is 6.42. The molecule has 1 N–H and O–H groups in total. The van der Waals surface area contributed by atoms with Gasteiger partial charge in [0.1, 0.15) is 5.82 Å². The number of alkyl halides is 3. The van der Waals surface area contributed by atoms with Crippen LogP contribution in [-0.2, 0) is 5.41 Å². The number of benzene rings is 1. The van der Waals surface area contributed by atoms with Gasteiger partial charge in [0.05, 0.1) is 0 Å². The van der Waals surface area contributed by atoms with Gasteiger partial charge >= 0.3 is 6.18 Å². The predicted octanol–water partition coefficient (Wildman–Crippen LogP) is 4.12. The van der Waals surface area contributed by atoms with E-state index in [1.54, 1.807) is 6.92 Å². The van der Waals surface area contributed by atoms with Crippen molar-refractivity contribution in [3.05, 3.63) is 35.1 Å².